The van der Waals surface area contributed by atoms with Crippen molar-refractivity contribution in [1.82, 2.24) is 14.5 Å². The molecule has 1 aliphatic rings. The monoisotopic (exact) mass is 575 g/mol. The van der Waals surface area contributed by atoms with E-state index in [2.05, 4.69) is 16.0 Å². The molecule has 4 aromatic rings. The third-order valence-corrected chi connectivity index (χ3v) is 8.95. The second kappa shape index (κ2) is 11.6. The number of nitrogens with zero attached hydrogens (tertiary/aromatic N) is 5. The minimum absolute atomic E-state index is 0.0448. The van der Waals surface area contributed by atoms with E-state index >= 15 is 0 Å². The lowest BCUT2D eigenvalue weighted by Crippen LogP contribution is -2.47. The smallest absolute Gasteiger partial charge is 0.261 e. The summed E-state index contributed by atoms with van der Waals surface area (Å²) in [7, 11) is 1.75. The fraction of sp³-hybridized carbons (Fsp3) is 0.419. The minimum Gasteiger partial charge on any atom is -0.464 e. The van der Waals surface area contributed by atoms with Crippen molar-refractivity contribution in [2.45, 2.75) is 53.6 Å². The molecule has 10 heteroatoms. The molecule has 2 amide bonds. The Morgan fingerprint density at radius 3 is 2.59 bits per heavy atom. The maximum absolute atomic E-state index is 13.2. The average Bonchev–Trinajstić information content (AvgIpc) is 3.60. The van der Waals surface area contributed by atoms with Gasteiger partial charge in [0.2, 0.25) is 11.8 Å². The number of thiazole rings is 1. The van der Waals surface area contributed by atoms with Gasteiger partial charge in [0.1, 0.15) is 11.0 Å². The van der Waals surface area contributed by atoms with Crippen LogP contribution in [-0.2, 0) is 29.1 Å². The van der Waals surface area contributed by atoms with Crippen LogP contribution < -0.4 is 15.4 Å². The van der Waals surface area contributed by atoms with E-state index < -0.39 is 5.41 Å². The molecule has 0 aliphatic carbocycles. The Morgan fingerprint density at radius 2 is 1.85 bits per heavy atom. The zero-order chi connectivity index (χ0) is 29.3. The van der Waals surface area contributed by atoms with E-state index in [9.17, 15) is 14.4 Å². The molecule has 3 aromatic heterocycles. The number of rotatable bonds is 10. The number of furan rings is 1. The van der Waals surface area contributed by atoms with Crippen molar-refractivity contribution in [2.75, 3.05) is 36.5 Å². The minimum atomic E-state index is -1.12. The highest BCUT2D eigenvalue weighted by Crippen LogP contribution is 2.39. The van der Waals surface area contributed by atoms with Crippen molar-refractivity contribution in [3.63, 3.8) is 0 Å². The predicted molar refractivity (Wildman–Crippen MR) is 163 cm³/mol. The molecule has 0 unspecified atom stereocenters. The molecule has 0 saturated carbocycles. The van der Waals surface area contributed by atoms with E-state index in [0.717, 1.165) is 48.6 Å². The fourth-order valence-electron chi connectivity index (χ4n) is 5.49. The van der Waals surface area contributed by atoms with E-state index in [1.807, 2.05) is 37.6 Å². The quantitative estimate of drug-likeness (QED) is 0.251. The third kappa shape index (κ3) is 5.58. The summed E-state index contributed by atoms with van der Waals surface area (Å²) < 4.78 is 7.11. The first-order valence-electron chi connectivity index (χ1n) is 14.0. The lowest BCUT2D eigenvalue weighted by atomic mass is 9.90. The van der Waals surface area contributed by atoms with Crippen LogP contribution in [0.15, 0.2) is 57.5 Å². The number of hydrogen-bond acceptors (Lipinski definition) is 7. The van der Waals surface area contributed by atoms with Gasteiger partial charge in [-0.15, -0.1) is 11.3 Å². The number of anilines is 2. The standard InChI is InChI=1S/C31H37N5O4S/c1-6-36-24-10-9-22(18-25(24)33(5)29(38)31(3,4)30(36)39)8-7-13-34(19-27-21(2)32-20-41-27)15-16-35-14-11-26-23(28(35)37)12-17-40-26/h9-12,14,17-18,20H,6-8,13,15-16,19H2,1-5H3. The average molecular weight is 576 g/mol. The first-order chi connectivity index (χ1) is 19.6. The van der Waals surface area contributed by atoms with E-state index in [1.165, 1.54) is 4.88 Å². The summed E-state index contributed by atoms with van der Waals surface area (Å²) in [6.07, 6.45) is 5.05. The molecular weight excluding hydrogens is 538 g/mol. The molecule has 4 heterocycles. The van der Waals surface area contributed by atoms with Crippen LogP contribution in [-0.4, -0.2) is 52.9 Å². The zero-order valence-corrected chi connectivity index (χ0v) is 25.2. The number of aryl methyl sites for hydroxylation is 2. The van der Waals surface area contributed by atoms with Crippen LogP contribution in [0.4, 0.5) is 11.4 Å². The maximum atomic E-state index is 13.2. The Balaban J connectivity index is 1.31. The molecule has 9 nitrogen and oxygen atoms in total. The van der Waals surface area contributed by atoms with Gasteiger partial charge >= 0.3 is 0 Å². The van der Waals surface area contributed by atoms with Crippen molar-refractivity contribution < 1.29 is 14.0 Å². The van der Waals surface area contributed by atoms with Gasteiger partial charge < -0.3 is 18.8 Å². The summed E-state index contributed by atoms with van der Waals surface area (Å²) in [6, 6.07) is 9.62. The van der Waals surface area contributed by atoms with Crippen LogP contribution in [0, 0.1) is 12.3 Å². The summed E-state index contributed by atoms with van der Waals surface area (Å²) >= 11 is 1.65. The van der Waals surface area contributed by atoms with E-state index in [-0.39, 0.29) is 17.4 Å². The highest BCUT2D eigenvalue weighted by molar-refractivity contribution is 7.09. The van der Waals surface area contributed by atoms with Crippen LogP contribution >= 0.6 is 11.3 Å². The normalized spacial score (nSPS) is 15.2. The lowest BCUT2D eigenvalue weighted by molar-refractivity contribution is -0.137. The SMILES string of the molecule is CCN1C(=O)C(C)(C)C(=O)N(C)c2cc(CCCN(CCn3ccc4occc4c3=O)Cc3scnc3C)ccc21. The van der Waals surface area contributed by atoms with Gasteiger partial charge in [0.25, 0.3) is 5.56 Å². The second-order valence-electron chi connectivity index (χ2n) is 11.1. The third-order valence-electron chi connectivity index (χ3n) is 8.03. The van der Waals surface area contributed by atoms with Crippen molar-refractivity contribution >= 4 is 45.5 Å². The van der Waals surface area contributed by atoms with Gasteiger partial charge in [0.15, 0.2) is 0 Å². The molecule has 0 saturated heterocycles. The number of pyridine rings is 1. The number of hydrogen-bond donors (Lipinski definition) is 0. The summed E-state index contributed by atoms with van der Waals surface area (Å²) in [6.45, 7) is 10.7. The number of carbonyl (C=O) groups is 2. The van der Waals surface area contributed by atoms with Gasteiger partial charge in [-0.1, -0.05) is 6.07 Å². The highest BCUT2D eigenvalue weighted by Gasteiger charge is 2.45. The molecule has 0 spiro atoms. The van der Waals surface area contributed by atoms with Crippen LogP contribution in [0.2, 0.25) is 0 Å². The number of aromatic nitrogens is 2. The van der Waals surface area contributed by atoms with Crippen LogP contribution in [0.5, 0.6) is 0 Å². The fourth-order valence-corrected chi connectivity index (χ4v) is 6.31. The number of fused-ring (bicyclic) bond motifs is 2. The summed E-state index contributed by atoms with van der Waals surface area (Å²) in [5.41, 5.74) is 4.99. The Hall–Kier alpha value is -3.76. The van der Waals surface area contributed by atoms with Gasteiger partial charge in [0, 0.05) is 44.3 Å². The Kier molecular flexibility index (Phi) is 8.15. The van der Waals surface area contributed by atoms with Gasteiger partial charge in [-0.2, -0.15) is 0 Å². The summed E-state index contributed by atoms with van der Waals surface area (Å²) in [5, 5.41) is 0.593. The van der Waals surface area contributed by atoms with Crippen molar-refractivity contribution in [3.8, 4) is 0 Å². The van der Waals surface area contributed by atoms with Gasteiger partial charge in [0.05, 0.1) is 34.2 Å². The van der Waals surface area contributed by atoms with E-state index in [4.69, 9.17) is 4.42 Å². The topological polar surface area (TPSA) is 91.9 Å². The van der Waals surface area contributed by atoms with Crippen LogP contribution in [0.3, 0.4) is 0 Å². The maximum Gasteiger partial charge on any atom is 0.261 e. The highest BCUT2D eigenvalue weighted by atomic mass is 32.1. The molecule has 216 valence electrons. The van der Waals surface area contributed by atoms with Gasteiger partial charge in [-0.3, -0.25) is 19.3 Å². The second-order valence-corrected chi connectivity index (χ2v) is 12.1. The number of amides is 2. The molecule has 0 N–H and O–H groups in total. The van der Waals surface area contributed by atoms with Crippen LogP contribution in [0.25, 0.3) is 11.0 Å². The molecule has 0 bridgehead atoms. The first kappa shape index (κ1) is 28.8. The lowest BCUT2D eigenvalue weighted by Gasteiger charge is -2.27. The molecule has 1 aliphatic heterocycles. The zero-order valence-electron chi connectivity index (χ0n) is 24.3. The molecule has 0 radical (unpaired) electrons. The molecular formula is C31H37N5O4S. The first-order valence-corrected chi connectivity index (χ1v) is 14.9. The Morgan fingerprint density at radius 1 is 1.05 bits per heavy atom. The van der Waals surface area contributed by atoms with Crippen LogP contribution in [0.1, 0.15) is 43.3 Å². The van der Waals surface area contributed by atoms with E-state index in [0.29, 0.717) is 30.6 Å². The Labute approximate surface area is 244 Å². The molecule has 1 aromatic carbocycles. The van der Waals surface area contributed by atoms with Crippen molar-refractivity contribution in [1.29, 1.82) is 0 Å². The Bertz CT molecular complexity index is 1630. The molecule has 0 atom stereocenters. The number of carbonyl (C=O) groups excluding carboxylic acids is 2. The van der Waals surface area contributed by atoms with Gasteiger partial charge in [-0.05, 0) is 76.9 Å². The molecule has 5 rings (SSSR count). The predicted octanol–water partition coefficient (Wildman–Crippen LogP) is 4.85. The van der Waals surface area contributed by atoms with Crippen molar-refractivity contribution in [2.24, 2.45) is 5.41 Å². The molecule has 41 heavy (non-hydrogen) atoms. The van der Waals surface area contributed by atoms with Crippen molar-refractivity contribution in [3.05, 3.63) is 74.8 Å². The molecule has 0 fully saturated rings. The summed E-state index contributed by atoms with van der Waals surface area (Å²) in [5.74, 6) is -0.379. The summed E-state index contributed by atoms with van der Waals surface area (Å²) in [4.78, 5) is 50.6. The van der Waals surface area contributed by atoms with E-state index in [1.54, 1.807) is 65.1 Å². The number of benzene rings is 1. The largest absolute Gasteiger partial charge is 0.464 e. The van der Waals surface area contributed by atoms with Gasteiger partial charge in [-0.25, -0.2) is 4.98 Å².